The summed E-state index contributed by atoms with van der Waals surface area (Å²) in [7, 11) is 1.58. The highest BCUT2D eigenvalue weighted by molar-refractivity contribution is 5.57. The lowest BCUT2D eigenvalue weighted by Gasteiger charge is -2.36. The van der Waals surface area contributed by atoms with E-state index in [-0.39, 0.29) is 18.3 Å². The summed E-state index contributed by atoms with van der Waals surface area (Å²) in [5.74, 6) is 1.03. The third-order valence-corrected chi connectivity index (χ3v) is 5.69. The average molecular weight is 368 g/mol. The van der Waals surface area contributed by atoms with Crippen LogP contribution in [-0.2, 0) is 6.61 Å². The Labute approximate surface area is 159 Å². The third kappa shape index (κ3) is 4.06. The molecule has 0 radical (unpaired) electrons. The van der Waals surface area contributed by atoms with E-state index in [1.165, 1.54) is 0 Å². The molecule has 3 rings (SSSR count). The zero-order chi connectivity index (χ0) is 19.4. The van der Waals surface area contributed by atoms with E-state index in [0.29, 0.717) is 22.8 Å². The number of piperidine rings is 1. The fraction of sp³-hybridized carbons (Fsp3) is 0.409. The summed E-state index contributed by atoms with van der Waals surface area (Å²) in [6.07, 6.45) is 2.04. The van der Waals surface area contributed by atoms with Crippen molar-refractivity contribution in [3.63, 3.8) is 0 Å². The molecule has 1 heterocycles. The van der Waals surface area contributed by atoms with Gasteiger partial charge in [-0.15, -0.1) is 0 Å². The number of nitrogens with zero attached hydrogens (tertiary/aromatic N) is 2. The number of hydrogen-bond donors (Lipinski definition) is 1. The molecule has 1 N–H and O–H groups in total. The van der Waals surface area contributed by atoms with Gasteiger partial charge in [0, 0.05) is 30.4 Å². The minimum Gasteiger partial charge on any atom is -0.495 e. The van der Waals surface area contributed by atoms with Crippen LogP contribution in [0.1, 0.15) is 42.4 Å². The standard InChI is InChI=1S/C22H25FN2O2/c1-15(17-3-4-19(14-26)21(23)11-17)16-7-9-25(10-8-16)20-6-5-18(13-24)22(12-20)27-2/h3-6,11-12,15-16,26H,7-10,14H2,1-2H3. The second-order valence-electron chi connectivity index (χ2n) is 7.12. The fourth-order valence-corrected chi connectivity index (χ4v) is 3.87. The lowest BCUT2D eigenvalue weighted by molar-refractivity contribution is 0.275. The Morgan fingerprint density at radius 3 is 2.59 bits per heavy atom. The van der Waals surface area contributed by atoms with Gasteiger partial charge in [-0.1, -0.05) is 19.1 Å². The minimum absolute atomic E-state index is 0.268. The molecular weight excluding hydrogens is 343 g/mol. The van der Waals surface area contributed by atoms with Gasteiger partial charge in [-0.05, 0) is 48.4 Å². The van der Waals surface area contributed by atoms with Crippen molar-refractivity contribution >= 4 is 5.69 Å². The Kier molecular flexibility index (Phi) is 5.98. The van der Waals surface area contributed by atoms with Crippen LogP contribution < -0.4 is 9.64 Å². The van der Waals surface area contributed by atoms with Crippen molar-refractivity contribution in [2.45, 2.75) is 32.3 Å². The van der Waals surface area contributed by atoms with Crippen LogP contribution in [0.15, 0.2) is 36.4 Å². The molecule has 1 fully saturated rings. The molecule has 1 unspecified atom stereocenters. The van der Waals surface area contributed by atoms with Crippen molar-refractivity contribution < 1.29 is 14.2 Å². The SMILES string of the molecule is COc1cc(N2CCC(C(C)c3ccc(CO)c(F)c3)CC2)ccc1C#N. The summed E-state index contributed by atoms with van der Waals surface area (Å²) in [6.45, 7) is 3.72. The van der Waals surface area contributed by atoms with Crippen LogP contribution in [-0.4, -0.2) is 25.3 Å². The van der Waals surface area contributed by atoms with Crippen LogP contribution in [0.25, 0.3) is 0 Å². The van der Waals surface area contributed by atoms with Crippen molar-refractivity contribution in [2.75, 3.05) is 25.1 Å². The summed E-state index contributed by atoms with van der Waals surface area (Å²) in [6, 6.07) is 13.0. The van der Waals surface area contributed by atoms with Crippen LogP contribution in [0.4, 0.5) is 10.1 Å². The maximum atomic E-state index is 14.0. The second kappa shape index (κ2) is 8.41. The third-order valence-electron chi connectivity index (χ3n) is 5.69. The summed E-state index contributed by atoms with van der Waals surface area (Å²) in [5, 5.41) is 18.3. The van der Waals surface area contributed by atoms with Crippen LogP contribution in [0, 0.1) is 23.1 Å². The second-order valence-corrected chi connectivity index (χ2v) is 7.12. The molecule has 2 aromatic carbocycles. The number of aliphatic hydroxyl groups excluding tert-OH is 1. The van der Waals surface area contributed by atoms with Gasteiger partial charge in [0.15, 0.2) is 0 Å². The molecule has 1 aliphatic heterocycles. The zero-order valence-electron chi connectivity index (χ0n) is 15.8. The Hall–Kier alpha value is -2.58. The van der Waals surface area contributed by atoms with Gasteiger partial charge in [-0.25, -0.2) is 4.39 Å². The highest BCUT2D eigenvalue weighted by atomic mass is 19.1. The van der Waals surface area contributed by atoms with Gasteiger partial charge in [-0.3, -0.25) is 0 Å². The van der Waals surface area contributed by atoms with Crippen LogP contribution >= 0.6 is 0 Å². The van der Waals surface area contributed by atoms with Crippen molar-refractivity contribution in [1.82, 2.24) is 0 Å². The highest BCUT2D eigenvalue weighted by Gasteiger charge is 2.26. The molecule has 2 aromatic rings. The molecule has 142 valence electrons. The van der Waals surface area contributed by atoms with Crippen molar-refractivity contribution in [3.8, 4) is 11.8 Å². The minimum atomic E-state index is -0.330. The van der Waals surface area contributed by atoms with E-state index in [1.807, 2.05) is 18.2 Å². The molecule has 0 saturated carbocycles. The molecule has 0 aliphatic carbocycles. The monoisotopic (exact) mass is 368 g/mol. The molecule has 0 aromatic heterocycles. The lowest BCUT2D eigenvalue weighted by atomic mass is 9.81. The number of aliphatic hydroxyl groups is 1. The van der Waals surface area contributed by atoms with Crippen molar-refractivity contribution in [3.05, 3.63) is 58.9 Å². The van der Waals surface area contributed by atoms with Gasteiger partial charge in [0.1, 0.15) is 17.6 Å². The first-order valence-electron chi connectivity index (χ1n) is 9.29. The van der Waals surface area contributed by atoms with Crippen LogP contribution in [0.3, 0.4) is 0 Å². The van der Waals surface area contributed by atoms with E-state index < -0.39 is 0 Å². The molecule has 4 nitrogen and oxygen atoms in total. The van der Waals surface area contributed by atoms with Gasteiger partial charge < -0.3 is 14.7 Å². The molecule has 1 aliphatic rings. The van der Waals surface area contributed by atoms with Crippen LogP contribution in [0.5, 0.6) is 5.75 Å². The molecule has 1 saturated heterocycles. The molecular formula is C22H25FN2O2. The molecule has 0 amide bonds. The quantitative estimate of drug-likeness (QED) is 0.859. The topological polar surface area (TPSA) is 56.5 Å². The van der Waals surface area contributed by atoms with E-state index in [9.17, 15) is 4.39 Å². The fourth-order valence-electron chi connectivity index (χ4n) is 3.87. The summed E-state index contributed by atoms with van der Waals surface area (Å²) in [4.78, 5) is 2.31. The number of halogens is 1. The van der Waals surface area contributed by atoms with Gasteiger partial charge >= 0.3 is 0 Å². The first-order chi connectivity index (χ1) is 13.1. The molecule has 1 atom stereocenters. The van der Waals surface area contributed by atoms with E-state index in [2.05, 4.69) is 17.9 Å². The smallest absolute Gasteiger partial charge is 0.138 e. The van der Waals surface area contributed by atoms with E-state index in [0.717, 1.165) is 37.2 Å². The maximum absolute atomic E-state index is 14.0. The van der Waals surface area contributed by atoms with E-state index >= 15 is 0 Å². The maximum Gasteiger partial charge on any atom is 0.138 e. The van der Waals surface area contributed by atoms with Gasteiger partial charge in [0.2, 0.25) is 0 Å². The van der Waals surface area contributed by atoms with E-state index in [1.54, 1.807) is 25.3 Å². The first-order valence-corrected chi connectivity index (χ1v) is 9.29. The van der Waals surface area contributed by atoms with Crippen molar-refractivity contribution in [1.29, 1.82) is 5.26 Å². The predicted octanol–water partition coefficient (Wildman–Crippen LogP) is 4.22. The summed E-state index contributed by atoms with van der Waals surface area (Å²) in [5.41, 5.74) is 2.94. The molecule has 0 bridgehead atoms. The summed E-state index contributed by atoms with van der Waals surface area (Å²) < 4.78 is 19.3. The highest BCUT2D eigenvalue weighted by Crippen LogP contribution is 2.35. The molecule has 5 heteroatoms. The largest absolute Gasteiger partial charge is 0.495 e. The number of hydrogen-bond acceptors (Lipinski definition) is 4. The Bertz CT molecular complexity index is 839. The number of anilines is 1. The number of methoxy groups -OCH3 is 1. The zero-order valence-corrected chi connectivity index (χ0v) is 15.8. The number of ether oxygens (including phenoxy) is 1. The Morgan fingerprint density at radius 1 is 1.26 bits per heavy atom. The predicted molar refractivity (Wildman–Crippen MR) is 103 cm³/mol. The van der Waals surface area contributed by atoms with E-state index in [4.69, 9.17) is 15.1 Å². The molecule has 0 spiro atoms. The van der Waals surface area contributed by atoms with Crippen molar-refractivity contribution in [2.24, 2.45) is 5.92 Å². The Balaban J connectivity index is 1.66. The molecule has 27 heavy (non-hydrogen) atoms. The van der Waals surface area contributed by atoms with Gasteiger partial charge in [-0.2, -0.15) is 5.26 Å². The van der Waals surface area contributed by atoms with Gasteiger partial charge in [0.05, 0.1) is 19.3 Å². The number of rotatable bonds is 5. The summed E-state index contributed by atoms with van der Waals surface area (Å²) >= 11 is 0. The van der Waals surface area contributed by atoms with Crippen LogP contribution in [0.2, 0.25) is 0 Å². The van der Waals surface area contributed by atoms with Gasteiger partial charge in [0.25, 0.3) is 0 Å². The normalized spacial score (nSPS) is 16.0. The average Bonchev–Trinajstić information content (AvgIpc) is 2.72. The number of benzene rings is 2. The lowest BCUT2D eigenvalue weighted by Crippen LogP contribution is -2.35. The number of nitriles is 1. The Morgan fingerprint density at radius 2 is 2.00 bits per heavy atom. The first kappa shape index (κ1) is 19.2.